The van der Waals surface area contributed by atoms with Gasteiger partial charge in [-0.1, -0.05) is 37.5 Å². The number of carboxylic acid groups (broad SMARTS) is 1. The third-order valence-corrected chi connectivity index (χ3v) is 4.65. The second-order valence-corrected chi connectivity index (χ2v) is 7.02. The molecule has 1 aliphatic carbocycles. The summed E-state index contributed by atoms with van der Waals surface area (Å²) in [7, 11) is 0. The molecule has 4 atom stereocenters. The molecule has 0 aromatic carbocycles. The monoisotopic (exact) mass is 352 g/mol. The average Bonchev–Trinajstić information content (AvgIpc) is 2.88. The largest absolute Gasteiger partial charge is 0.481 e. The van der Waals surface area contributed by atoms with E-state index >= 15 is 0 Å². The van der Waals surface area contributed by atoms with Gasteiger partial charge < -0.3 is 15.3 Å². The molecule has 3 N–H and O–H groups in total. The number of unbranched alkanes of at least 4 members (excludes halogenated alkanes) is 3. The maximum atomic E-state index is 12.0. The Labute approximate surface area is 150 Å². The first kappa shape index (κ1) is 21.6. The zero-order valence-electron chi connectivity index (χ0n) is 15.1. The third-order valence-electron chi connectivity index (χ3n) is 4.65. The van der Waals surface area contributed by atoms with Gasteiger partial charge >= 0.3 is 5.97 Å². The Bertz CT molecular complexity index is 467. The van der Waals surface area contributed by atoms with Gasteiger partial charge in [-0.2, -0.15) is 0 Å². The third kappa shape index (κ3) is 9.56. The molecule has 0 amide bonds. The molecule has 1 aliphatic rings. The SMILES string of the molecule is CC(O)CCC[C@H](O)/C=C/[C@H]1C=CC(=O)C1CCCCCCC(=O)O. The molecule has 5 nitrogen and oxygen atoms in total. The molecule has 142 valence electrons. The molecule has 0 aliphatic heterocycles. The minimum atomic E-state index is -0.757. The Kier molecular flexibility index (Phi) is 10.3. The van der Waals surface area contributed by atoms with Crippen molar-refractivity contribution in [3.05, 3.63) is 24.3 Å². The number of rotatable bonds is 13. The highest BCUT2D eigenvalue weighted by Gasteiger charge is 2.27. The summed E-state index contributed by atoms with van der Waals surface area (Å²) in [6.45, 7) is 1.74. The van der Waals surface area contributed by atoms with Crippen molar-refractivity contribution in [2.75, 3.05) is 0 Å². The lowest BCUT2D eigenvalue weighted by Gasteiger charge is -2.15. The van der Waals surface area contributed by atoms with Crippen molar-refractivity contribution in [3.63, 3.8) is 0 Å². The molecule has 5 heteroatoms. The number of ketones is 1. The molecule has 0 saturated carbocycles. The summed E-state index contributed by atoms with van der Waals surface area (Å²) in [5, 5.41) is 27.8. The minimum absolute atomic E-state index is 0.0398. The number of hydrogen-bond acceptors (Lipinski definition) is 4. The van der Waals surface area contributed by atoms with Crippen molar-refractivity contribution >= 4 is 11.8 Å². The van der Waals surface area contributed by atoms with Gasteiger partial charge in [0.2, 0.25) is 0 Å². The average molecular weight is 352 g/mol. The lowest BCUT2D eigenvalue weighted by Crippen LogP contribution is -2.15. The van der Waals surface area contributed by atoms with Gasteiger partial charge in [-0.25, -0.2) is 0 Å². The number of allylic oxidation sites excluding steroid dienone is 3. The fourth-order valence-corrected chi connectivity index (χ4v) is 3.16. The Morgan fingerprint density at radius 1 is 1.16 bits per heavy atom. The van der Waals surface area contributed by atoms with Gasteiger partial charge in [-0.3, -0.25) is 9.59 Å². The van der Waals surface area contributed by atoms with Crippen molar-refractivity contribution in [3.8, 4) is 0 Å². The second-order valence-electron chi connectivity index (χ2n) is 7.02. The van der Waals surface area contributed by atoms with Gasteiger partial charge in [-0.15, -0.1) is 0 Å². The summed E-state index contributed by atoms with van der Waals surface area (Å²) >= 11 is 0. The van der Waals surface area contributed by atoms with Crippen LogP contribution in [-0.4, -0.2) is 39.3 Å². The lowest BCUT2D eigenvalue weighted by atomic mass is 9.88. The van der Waals surface area contributed by atoms with Crippen LogP contribution in [0.3, 0.4) is 0 Å². The van der Waals surface area contributed by atoms with Crippen molar-refractivity contribution in [2.24, 2.45) is 11.8 Å². The molecule has 0 saturated heterocycles. The summed E-state index contributed by atoms with van der Waals surface area (Å²) in [5.41, 5.74) is 0. The van der Waals surface area contributed by atoms with E-state index in [1.807, 2.05) is 12.2 Å². The fraction of sp³-hybridized carbons (Fsp3) is 0.700. The Balaban J connectivity index is 2.30. The summed E-state index contributed by atoms with van der Waals surface area (Å²) in [5.74, 6) is -0.630. The number of aliphatic hydroxyl groups excluding tert-OH is 2. The second kappa shape index (κ2) is 12.0. The fourth-order valence-electron chi connectivity index (χ4n) is 3.16. The van der Waals surface area contributed by atoms with E-state index in [-0.39, 0.29) is 30.1 Å². The van der Waals surface area contributed by atoms with Crippen LogP contribution in [0.4, 0.5) is 0 Å². The molecule has 0 spiro atoms. The van der Waals surface area contributed by atoms with E-state index in [0.717, 1.165) is 32.1 Å². The Morgan fingerprint density at radius 3 is 2.56 bits per heavy atom. The zero-order valence-corrected chi connectivity index (χ0v) is 15.1. The van der Waals surface area contributed by atoms with Crippen LogP contribution < -0.4 is 0 Å². The van der Waals surface area contributed by atoms with Crippen molar-refractivity contribution in [1.29, 1.82) is 0 Å². The molecule has 0 bridgehead atoms. The highest BCUT2D eigenvalue weighted by molar-refractivity contribution is 5.94. The van der Waals surface area contributed by atoms with E-state index in [4.69, 9.17) is 5.11 Å². The van der Waals surface area contributed by atoms with Crippen LogP contribution in [0.2, 0.25) is 0 Å². The van der Waals surface area contributed by atoms with Gasteiger partial charge in [0.15, 0.2) is 5.78 Å². The van der Waals surface area contributed by atoms with Crippen molar-refractivity contribution in [2.45, 2.75) is 76.9 Å². The first-order valence-electron chi connectivity index (χ1n) is 9.38. The van der Waals surface area contributed by atoms with Gasteiger partial charge in [0.05, 0.1) is 12.2 Å². The molecule has 1 rings (SSSR count). The molecule has 0 heterocycles. The van der Waals surface area contributed by atoms with Gasteiger partial charge in [0.25, 0.3) is 0 Å². The molecule has 2 unspecified atom stereocenters. The molecule has 0 fully saturated rings. The predicted octanol–water partition coefficient (Wildman–Crippen LogP) is 3.25. The standard InChI is InChI=1S/C20H32O5/c1-15(21)7-6-8-17(22)13-11-16-12-14-19(23)18(16)9-4-2-3-5-10-20(24)25/h11-18,21-22H,2-10H2,1H3,(H,24,25)/b13-11+/t15?,16-,17-,18?/m0/s1. The van der Waals surface area contributed by atoms with Crippen LogP contribution in [0, 0.1) is 11.8 Å². The van der Waals surface area contributed by atoms with Crippen LogP contribution in [-0.2, 0) is 9.59 Å². The maximum Gasteiger partial charge on any atom is 0.303 e. The van der Waals surface area contributed by atoms with E-state index in [2.05, 4.69) is 0 Å². The number of carbonyl (C=O) groups is 2. The zero-order chi connectivity index (χ0) is 18.7. The quantitative estimate of drug-likeness (QED) is 0.349. The van der Waals surface area contributed by atoms with E-state index in [1.54, 1.807) is 19.1 Å². The Hall–Kier alpha value is -1.46. The summed E-state index contributed by atoms with van der Waals surface area (Å²) in [4.78, 5) is 22.5. The molecular weight excluding hydrogens is 320 g/mol. The highest BCUT2D eigenvalue weighted by atomic mass is 16.4. The predicted molar refractivity (Wildman–Crippen MR) is 97.1 cm³/mol. The molecular formula is C20H32O5. The van der Waals surface area contributed by atoms with Crippen molar-refractivity contribution in [1.82, 2.24) is 0 Å². The summed E-state index contributed by atoms with van der Waals surface area (Å²) < 4.78 is 0. The van der Waals surface area contributed by atoms with Gasteiger partial charge in [-0.05, 0) is 45.1 Å². The Morgan fingerprint density at radius 2 is 1.88 bits per heavy atom. The van der Waals surface area contributed by atoms with E-state index in [1.165, 1.54) is 0 Å². The van der Waals surface area contributed by atoms with Crippen LogP contribution in [0.1, 0.15) is 64.7 Å². The normalized spacial score (nSPS) is 22.6. The topological polar surface area (TPSA) is 94.8 Å². The number of aliphatic hydroxyl groups is 2. The van der Waals surface area contributed by atoms with Crippen LogP contribution >= 0.6 is 0 Å². The summed E-state index contributed by atoms with van der Waals surface area (Å²) in [6.07, 6.45) is 12.8. The van der Waals surface area contributed by atoms with E-state index in [9.17, 15) is 19.8 Å². The number of hydrogen-bond donors (Lipinski definition) is 3. The summed E-state index contributed by atoms with van der Waals surface area (Å²) in [6, 6.07) is 0. The molecule has 0 aromatic rings. The van der Waals surface area contributed by atoms with E-state index < -0.39 is 12.1 Å². The number of carboxylic acids is 1. The van der Waals surface area contributed by atoms with Crippen molar-refractivity contribution < 1.29 is 24.9 Å². The first-order valence-corrected chi connectivity index (χ1v) is 9.38. The van der Waals surface area contributed by atoms with Crippen LogP contribution in [0.5, 0.6) is 0 Å². The smallest absolute Gasteiger partial charge is 0.303 e. The molecule has 0 aromatic heterocycles. The molecule has 25 heavy (non-hydrogen) atoms. The van der Waals surface area contributed by atoms with Crippen LogP contribution in [0.15, 0.2) is 24.3 Å². The van der Waals surface area contributed by atoms with Crippen LogP contribution in [0.25, 0.3) is 0 Å². The highest BCUT2D eigenvalue weighted by Crippen LogP contribution is 2.29. The maximum absolute atomic E-state index is 12.0. The first-order chi connectivity index (χ1) is 11.9. The van der Waals surface area contributed by atoms with Gasteiger partial charge in [0, 0.05) is 18.3 Å². The molecule has 0 radical (unpaired) electrons. The van der Waals surface area contributed by atoms with E-state index in [0.29, 0.717) is 19.3 Å². The number of aliphatic carboxylic acids is 1. The van der Waals surface area contributed by atoms with Gasteiger partial charge in [0.1, 0.15) is 0 Å². The number of carbonyl (C=O) groups excluding carboxylic acids is 1. The lowest BCUT2D eigenvalue weighted by molar-refractivity contribution is -0.137. The minimum Gasteiger partial charge on any atom is -0.481 e.